The lowest BCUT2D eigenvalue weighted by Gasteiger charge is -2.41. The summed E-state index contributed by atoms with van der Waals surface area (Å²) in [4.78, 5) is 0. The third kappa shape index (κ3) is 2.84. The van der Waals surface area contributed by atoms with E-state index in [1.807, 2.05) is 6.07 Å². The van der Waals surface area contributed by atoms with Crippen LogP contribution in [-0.2, 0) is 6.42 Å². The third-order valence-corrected chi connectivity index (χ3v) is 5.06. The first-order chi connectivity index (χ1) is 9.97. The van der Waals surface area contributed by atoms with E-state index in [1.54, 1.807) is 12.1 Å². The summed E-state index contributed by atoms with van der Waals surface area (Å²) in [5.41, 5.74) is 3.69. The van der Waals surface area contributed by atoms with Crippen LogP contribution in [0.3, 0.4) is 0 Å². The highest BCUT2D eigenvalue weighted by molar-refractivity contribution is 9.10. The van der Waals surface area contributed by atoms with Crippen molar-refractivity contribution in [1.29, 1.82) is 0 Å². The van der Waals surface area contributed by atoms with Gasteiger partial charge in [0.1, 0.15) is 5.82 Å². The van der Waals surface area contributed by atoms with E-state index in [0.29, 0.717) is 4.47 Å². The maximum atomic E-state index is 13.7. The van der Waals surface area contributed by atoms with Crippen LogP contribution in [0.1, 0.15) is 37.4 Å². The molecule has 2 aromatic rings. The Morgan fingerprint density at radius 3 is 2.71 bits per heavy atom. The molecule has 21 heavy (non-hydrogen) atoms. The van der Waals surface area contributed by atoms with E-state index in [4.69, 9.17) is 0 Å². The molecule has 0 heterocycles. The minimum absolute atomic E-state index is 0.137. The summed E-state index contributed by atoms with van der Waals surface area (Å²) in [5.74, 6) is -0.234. The summed E-state index contributed by atoms with van der Waals surface area (Å²) in [7, 11) is 0. The van der Waals surface area contributed by atoms with Crippen molar-refractivity contribution in [2.45, 2.75) is 32.7 Å². The topological polar surface area (TPSA) is 12.0 Å². The molecule has 1 unspecified atom stereocenters. The number of rotatable bonds is 2. The zero-order valence-corrected chi connectivity index (χ0v) is 13.9. The number of fused-ring (bicyclic) bond motifs is 1. The van der Waals surface area contributed by atoms with Crippen LogP contribution in [0.2, 0.25) is 0 Å². The standard InChI is InChI=1S/C18H19BrFN/c1-18(2)10-9-12-5-3-4-6-14(12)17(18)21-13-7-8-15(19)16(20)11-13/h3-8,11,17,21H,9-10H2,1-2H3. The van der Waals surface area contributed by atoms with Gasteiger partial charge < -0.3 is 5.32 Å². The summed E-state index contributed by atoms with van der Waals surface area (Å²) in [6.07, 6.45) is 2.23. The van der Waals surface area contributed by atoms with Gasteiger partial charge >= 0.3 is 0 Å². The lowest BCUT2D eigenvalue weighted by Crippen LogP contribution is -2.33. The lowest BCUT2D eigenvalue weighted by molar-refractivity contribution is 0.265. The van der Waals surface area contributed by atoms with E-state index in [-0.39, 0.29) is 17.3 Å². The fraction of sp³-hybridized carbons (Fsp3) is 0.333. The van der Waals surface area contributed by atoms with E-state index in [1.165, 1.54) is 11.1 Å². The summed E-state index contributed by atoms with van der Waals surface area (Å²) in [6.45, 7) is 4.55. The Morgan fingerprint density at radius 1 is 1.19 bits per heavy atom. The molecule has 0 spiro atoms. The number of nitrogens with one attached hydrogen (secondary N) is 1. The van der Waals surface area contributed by atoms with Crippen molar-refractivity contribution < 1.29 is 4.39 Å². The largest absolute Gasteiger partial charge is 0.378 e. The molecule has 0 radical (unpaired) electrons. The Hall–Kier alpha value is -1.35. The highest BCUT2D eigenvalue weighted by Crippen LogP contribution is 2.45. The Morgan fingerprint density at radius 2 is 1.95 bits per heavy atom. The van der Waals surface area contributed by atoms with E-state index in [0.717, 1.165) is 18.5 Å². The molecule has 110 valence electrons. The smallest absolute Gasteiger partial charge is 0.139 e. The van der Waals surface area contributed by atoms with Crippen molar-refractivity contribution in [3.05, 3.63) is 63.9 Å². The summed E-state index contributed by atoms with van der Waals surface area (Å²) >= 11 is 3.20. The van der Waals surface area contributed by atoms with Gasteiger partial charge in [-0.1, -0.05) is 38.1 Å². The van der Waals surface area contributed by atoms with Crippen LogP contribution in [0.4, 0.5) is 10.1 Å². The normalized spacial score (nSPS) is 19.9. The van der Waals surface area contributed by atoms with Crippen molar-refractivity contribution in [2.24, 2.45) is 5.41 Å². The van der Waals surface area contributed by atoms with Crippen LogP contribution >= 0.6 is 15.9 Å². The van der Waals surface area contributed by atoms with Crippen LogP contribution in [-0.4, -0.2) is 0 Å². The van der Waals surface area contributed by atoms with Gasteiger partial charge in [-0.2, -0.15) is 0 Å². The highest BCUT2D eigenvalue weighted by atomic mass is 79.9. The number of halogens is 2. The Bertz CT molecular complexity index is 666. The molecule has 1 atom stereocenters. The first kappa shape index (κ1) is 14.6. The van der Waals surface area contributed by atoms with Crippen molar-refractivity contribution >= 4 is 21.6 Å². The van der Waals surface area contributed by atoms with Gasteiger partial charge in [0.05, 0.1) is 10.5 Å². The number of anilines is 1. The van der Waals surface area contributed by atoms with Crippen molar-refractivity contribution in [3.63, 3.8) is 0 Å². The average molecular weight is 348 g/mol. The lowest BCUT2D eigenvalue weighted by atomic mass is 9.70. The van der Waals surface area contributed by atoms with Crippen LogP contribution in [0.5, 0.6) is 0 Å². The van der Waals surface area contributed by atoms with E-state index in [9.17, 15) is 4.39 Å². The second-order valence-electron chi connectivity index (χ2n) is 6.39. The zero-order valence-electron chi connectivity index (χ0n) is 12.3. The number of aryl methyl sites for hydroxylation is 1. The first-order valence-corrected chi connectivity index (χ1v) is 8.06. The molecule has 3 heteroatoms. The number of hydrogen-bond donors (Lipinski definition) is 1. The SMILES string of the molecule is CC1(C)CCc2ccccc2C1Nc1ccc(Br)c(F)c1. The predicted molar refractivity (Wildman–Crippen MR) is 89.0 cm³/mol. The van der Waals surface area contributed by atoms with Gasteiger partial charge in [-0.3, -0.25) is 0 Å². The molecule has 1 N–H and O–H groups in total. The second-order valence-corrected chi connectivity index (χ2v) is 7.25. The summed E-state index contributed by atoms with van der Waals surface area (Å²) < 4.78 is 14.2. The van der Waals surface area contributed by atoms with Crippen LogP contribution in [0.15, 0.2) is 46.9 Å². The quantitative estimate of drug-likeness (QED) is 0.733. The van der Waals surface area contributed by atoms with Gasteiger partial charge in [0.25, 0.3) is 0 Å². The predicted octanol–water partition coefficient (Wildman–Crippen LogP) is 5.71. The fourth-order valence-electron chi connectivity index (χ4n) is 3.09. The number of benzene rings is 2. The summed E-state index contributed by atoms with van der Waals surface area (Å²) in [6, 6.07) is 14.0. The highest BCUT2D eigenvalue weighted by Gasteiger charge is 2.35. The molecule has 3 rings (SSSR count). The molecule has 1 aliphatic rings. The fourth-order valence-corrected chi connectivity index (χ4v) is 3.34. The molecular weight excluding hydrogens is 329 g/mol. The molecular formula is C18H19BrFN. The Labute approximate surface area is 133 Å². The minimum atomic E-state index is -0.234. The molecule has 1 aliphatic carbocycles. The molecule has 0 aliphatic heterocycles. The van der Waals surface area contributed by atoms with Gasteiger partial charge in [0.15, 0.2) is 0 Å². The molecule has 0 amide bonds. The minimum Gasteiger partial charge on any atom is -0.378 e. The average Bonchev–Trinajstić information content (AvgIpc) is 2.46. The van der Waals surface area contributed by atoms with Crippen molar-refractivity contribution in [2.75, 3.05) is 5.32 Å². The monoisotopic (exact) mass is 347 g/mol. The maximum absolute atomic E-state index is 13.7. The Kier molecular flexibility index (Phi) is 3.78. The summed E-state index contributed by atoms with van der Waals surface area (Å²) in [5, 5.41) is 3.53. The van der Waals surface area contributed by atoms with E-state index < -0.39 is 0 Å². The van der Waals surface area contributed by atoms with Gasteiger partial charge in [-0.15, -0.1) is 0 Å². The van der Waals surface area contributed by atoms with Crippen LogP contribution in [0, 0.1) is 11.2 Å². The van der Waals surface area contributed by atoms with Gasteiger partial charge in [0.2, 0.25) is 0 Å². The maximum Gasteiger partial charge on any atom is 0.139 e. The van der Waals surface area contributed by atoms with Crippen LogP contribution in [0.25, 0.3) is 0 Å². The van der Waals surface area contributed by atoms with Gasteiger partial charge in [0, 0.05) is 5.69 Å². The van der Waals surface area contributed by atoms with Crippen molar-refractivity contribution in [3.8, 4) is 0 Å². The molecule has 0 saturated carbocycles. The van der Waals surface area contributed by atoms with E-state index >= 15 is 0 Å². The second kappa shape index (κ2) is 5.45. The van der Waals surface area contributed by atoms with Crippen molar-refractivity contribution in [1.82, 2.24) is 0 Å². The Balaban J connectivity index is 1.97. The molecule has 1 nitrogen and oxygen atoms in total. The van der Waals surface area contributed by atoms with Gasteiger partial charge in [-0.25, -0.2) is 4.39 Å². The molecule has 0 fully saturated rings. The van der Waals surface area contributed by atoms with E-state index in [2.05, 4.69) is 59.4 Å². The van der Waals surface area contributed by atoms with Crippen LogP contribution < -0.4 is 5.32 Å². The number of hydrogen-bond acceptors (Lipinski definition) is 1. The molecule has 0 bridgehead atoms. The van der Waals surface area contributed by atoms with Gasteiger partial charge in [-0.05, 0) is 63.5 Å². The molecule has 0 aromatic heterocycles. The zero-order chi connectivity index (χ0) is 15.0. The molecule has 0 saturated heterocycles. The first-order valence-electron chi connectivity index (χ1n) is 7.27. The molecule has 2 aromatic carbocycles. The third-order valence-electron chi connectivity index (χ3n) is 4.42.